The van der Waals surface area contributed by atoms with Gasteiger partial charge in [-0.2, -0.15) is 10.2 Å². The third-order valence-electron chi connectivity index (χ3n) is 5.06. The lowest BCUT2D eigenvalue weighted by Gasteiger charge is -2.33. The van der Waals surface area contributed by atoms with Crippen molar-refractivity contribution in [2.75, 3.05) is 56.6 Å². The molecule has 140 valence electrons. The molecule has 3 rings (SSSR count). The summed E-state index contributed by atoms with van der Waals surface area (Å²) in [5.74, 6) is 0.830. The SMILES string of the molecule is CN(C)c1nc2c(c(N3CCCC(C#N)C3)n1)CCN(CC(=O)O)CC2. The first-order chi connectivity index (χ1) is 12.5. The Morgan fingerprint density at radius 1 is 1.31 bits per heavy atom. The van der Waals surface area contributed by atoms with Crippen LogP contribution in [-0.4, -0.2) is 72.8 Å². The lowest BCUT2D eigenvalue weighted by atomic mass is 9.98. The van der Waals surface area contributed by atoms with E-state index in [0.717, 1.165) is 42.9 Å². The fraction of sp³-hybridized carbons (Fsp3) is 0.667. The number of carboxylic acid groups (broad SMARTS) is 1. The van der Waals surface area contributed by atoms with E-state index in [1.807, 2.05) is 23.9 Å². The minimum absolute atomic E-state index is 0.0338. The van der Waals surface area contributed by atoms with E-state index < -0.39 is 5.97 Å². The number of carbonyl (C=O) groups is 1. The Labute approximate surface area is 154 Å². The molecule has 8 nitrogen and oxygen atoms in total. The van der Waals surface area contributed by atoms with E-state index in [2.05, 4.69) is 11.0 Å². The summed E-state index contributed by atoms with van der Waals surface area (Å²) in [5, 5.41) is 18.4. The molecule has 8 heteroatoms. The molecule has 2 aliphatic heterocycles. The molecule has 1 fully saturated rings. The molecule has 0 bridgehead atoms. The van der Waals surface area contributed by atoms with Crippen molar-refractivity contribution in [1.29, 1.82) is 5.26 Å². The summed E-state index contributed by atoms with van der Waals surface area (Å²) < 4.78 is 0. The van der Waals surface area contributed by atoms with Crippen LogP contribution in [-0.2, 0) is 17.6 Å². The van der Waals surface area contributed by atoms with Crippen molar-refractivity contribution in [2.45, 2.75) is 25.7 Å². The summed E-state index contributed by atoms with van der Waals surface area (Å²) in [4.78, 5) is 26.7. The zero-order valence-electron chi connectivity index (χ0n) is 15.5. The zero-order chi connectivity index (χ0) is 18.7. The summed E-state index contributed by atoms with van der Waals surface area (Å²) in [5.41, 5.74) is 2.12. The first-order valence-electron chi connectivity index (χ1n) is 9.13. The predicted molar refractivity (Wildman–Crippen MR) is 98.4 cm³/mol. The number of piperidine rings is 1. The molecule has 1 aromatic rings. The van der Waals surface area contributed by atoms with E-state index in [1.54, 1.807) is 0 Å². The molecule has 0 aliphatic carbocycles. The van der Waals surface area contributed by atoms with E-state index in [-0.39, 0.29) is 12.5 Å². The van der Waals surface area contributed by atoms with Gasteiger partial charge in [-0.25, -0.2) is 4.98 Å². The second-order valence-electron chi connectivity index (χ2n) is 7.25. The highest BCUT2D eigenvalue weighted by atomic mass is 16.4. The molecule has 0 amide bonds. The Morgan fingerprint density at radius 3 is 2.77 bits per heavy atom. The van der Waals surface area contributed by atoms with Crippen LogP contribution in [0.15, 0.2) is 0 Å². The van der Waals surface area contributed by atoms with Crippen LogP contribution in [0.1, 0.15) is 24.1 Å². The van der Waals surface area contributed by atoms with Gasteiger partial charge in [-0.3, -0.25) is 9.69 Å². The minimum Gasteiger partial charge on any atom is -0.480 e. The number of fused-ring (bicyclic) bond motifs is 1. The monoisotopic (exact) mass is 358 g/mol. The second-order valence-corrected chi connectivity index (χ2v) is 7.25. The lowest BCUT2D eigenvalue weighted by molar-refractivity contribution is -0.138. The first kappa shape index (κ1) is 18.4. The molecular formula is C18H26N6O2. The Balaban J connectivity index is 1.93. The molecule has 1 saturated heterocycles. The summed E-state index contributed by atoms with van der Waals surface area (Å²) in [6, 6.07) is 2.39. The molecule has 1 unspecified atom stereocenters. The van der Waals surface area contributed by atoms with Crippen molar-refractivity contribution < 1.29 is 9.90 Å². The molecule has 0 aromatic carbocycles. The van der Waals surface area contributed by atoms with Crippen LogP contribution in [0.4, 0.5) is 11.8 Å². The Bertz CT molecular complexity index is 714. The van der Waals surface area contributed by atoms with Crippen LogP contribution in [0.2, 0.25) is 0 Å². The van der Waals surface area contributed by atoms with E-state index in [0.29, 0.717) is 32.0 Å². The second kappa shape index (κ2) is 7.87. The van der Waals surface area contributed by atoms with Crippen molar-refractivity contribution >= 4 is 17.7 Å². The average molecular weight is 358 g/mol. The first-order valence-corrected chi connectivity index (χ1v) is 9.13. The summed E-state index contributed by atoms with van der Waals surface area (Å²) in [7, 11) is 3.85. The summed E-state index contributed by atoms with van der Waals surface area (Å²) in [6.45, 7) is 3.02. The van der Waals surface area contributed by atoms with Crippen molar-refractivity contribution in [2.24, 2.45) is 5.92 Å². The van der Waals surface area contributed by atoms with Gasteiger partial charge in [-0.1, -0.05) is 0 Å². The van der Waals surface area contributed by atoms with Crippen LogP contribution in [0.5, 0.6) is 0 Å². The quantitative estimate of drug-likeness (QED) is 0.843. The maximum absolute atomic E-state index is 11.1. The maximum atomic E-state index is 11.1. The fourth-order valence-corrected chi connectivity index (χ4v) is 3.70. The van der Waals surface area contributed by atoms with Gasteiger partial charge < -0.3 is 14.9 Å². The highest BCUT2D eigenvalue weighted by molar-refractivity contribution is 5.69. The number of aromatic nitrogens is 2. The summed E-state index contributed by atoms with van der Waals surface area (Å²) in [6.07, 6.45) is 3.38. The number of hydrogen-bond acceptors (Lipinski definition) is 7. The third-order valence-corrected chi connectivity index (χ3v) is 5.06. The van der Waals surface area contributed by atoms with Crippen LogP contribution < -0.4 is 9.80 Å². The van der Waals surface area contributed by atoms with Crippen LogP contribution in [0.3, 0.4) is 0 Å². The van der Waals surface area contributed by atoms with Crippen molar-refractivity contribution in [3.05, 3.63) is 11.3 Å². The third kappa shape index (κ3) is 4.05. The Kier molecular flexibility index (Phi) is 5.57. The molecule has 0 saturated carbocycles. The predicted octanol–water partition coefficient (Wildman–Crippen LogP) is 0.768. The van der Waals surface area contributed by atoms with Crippen LogP contribution in [0.25, 0.3) is 0 Å². The normalized spacial score (nSPS) is 20.8. The fourth-order valence-electron chi connectivity index (χ4n) is 3.70. The minimum atomic E-state index is -0.802. The number of anilines is 2. The van der Waals surface area contributed by atoms with Crippen LogP contribution >= 0.6 is 0 Å². The van der Waals surface area contributed by atoms with Gasteiger partial charge in [0, 0.05) is 52.3 Å². The van der Waals surface area contributed by atoms with Crippen molar-refractivity contribution in [1.82, 2.24) is 14.9 Å². The largest absolute Gasteiger partial charge is 0.480 e. The van der Waals surface area contributed by atoms with Crippen LogP contribution in [0, 0.1) is 17.2 Å². The van der Waals surface area contributed by atoms with Gasteiger partial charge in [0.05, 0.1) is 24.2 Å². The van der Waals surface area contributed by atoms with E-state index in [9.17, 15) is 10.1 Å². The van der Waals surface area contributed by atoms with Crippen molar-refractivity contribution in [3.63, 3.8) is 0 Å². The summed E-state index contributed by atoms with van der Waals surface area (Å²) >= 11 is 0. The number of nitrogens with zero attached hydrogens (tertiary/aromatic N) is 6. The molecule has 3 heterocycles. The molecule has 1 aromatic heterocycles. The molecule has 2 aliphatic rings. The van der Waals surface area contributed by atoms with Gasteiger partial charge in [0.25, 0.3) is 0 Å². The number of hydrogen-bond donors (Lipinski definition) is 1. The molecular weight excluding hydrogens is 332 g/mol. The molecule has 0 spiro atoms. The Morgan fingerprint density at radius 2 is 2.08 bits per heavy atom. The maximum Gasteiger partial charge on any atom is 0.317 e. The van der Waals surface area contributed by atoms with E-state index >= 15 is 0 Å². The highest BCUT2D eigenvalue weighted by Crippen LogP contribution is 2.30. The molecule has 1 N–H and O–H groups in total. The number of carboxylic acids is 1. The standard InChI is InChI=1S/C18H26N6O2/c1-22(2)18-20-15-6-9-23(12-16(25)26)8-5-14(15)17(21-18)24-7-3-4-13(10-19)11-24/h13H,3-9,11-12H2,1-2H3,(H,25,26). The highest BCUT2D eigenvalue weighted by Gasteiger charge is 2.27. The smallest absolute Gasteiger partial charge is 0.317 e. The lowest BCUT2D eigenvalue weighted by Crippen LogP contribution is -2.37. The van der Waals surface area contributed by atoms with Gasteiger partial charge in [-0.15, -0.1) is 0 Å². The van der Waals surface area contributed by atoms with Crippen molar-refractivity contribution in [3.8, 4) is 6.07 Å². The number of aliphatic carboxylic acids is 1. The van der Waals surface area contributed by atoms with E-state index in [4.69, 9.17) is 15.1 Å². The molecule has 26 heavy (non-hydrogen) atoms. The van der Waals surface area contributed by atoms with E-state index in [1.165, 1.54) is 0 Å². The number of rotatable bonds is 4. The van der Waals surface area contributed by atoms with Gasteiger partial charge in [0.1, 0.15) is 5.82 Å². The average Bonchev–Trinajstić information content (AvgIpc) is 2.83. The van der Waals surface area contributed by atoms with Gasteiger partial charge in [0.2, 0.25) is 5.95 Å². The van der Waals surface area contributed by atoms with Gasteiger partial charge in [-0.05, 0) is 19.3 Å². The molecule has 0 radical (unpaired) electrons. The zero-order valence-corrected chi connectivity index (χ0v) is 15.5. The van der Waals surface area contributed by atoms with Gasteiger partial charge in [0.15, 0.2) is 0 Å². The Hall–Kier alpha value is -2.40. The van der Waals surface area contributed by atoms with Gasteiger partial charge >= 0.3 is 5.97 Å². The molecule has 1 atom stereocenters. The number of nitriles is 1. The topological polar surface area (TPSA) is 96.6 Å².